The number of nitrogens with zero attached hydrogens (tertiary/aromatic N) is 3. The summed E-state index contributed by atoms with van der Waals surface area (Å²) in [5.41, 5.74) is 1.15. The Bertz CT molecular complexity index is 950. The van der Waals surface area contributed by atoms with Crippen molar-refractivity contribution >= 4 is 28.3 Å². The Balaban J connectivity index is 1.31. The fraction of sp³-hybridized carbons (Fsp3) is 0.565. The lowest BCUT2D eigenvalue weighted by atomic mass is 9.50. The molecule has 0 atom stereocenters. The zero-order chi connectivity index (χ0) is 20.9. The topological polar surface area (TPSA) is 75.2 Å². The number of amides is 2. The van der Waals surface area contributed by atoms with Crippen LogP contribution in [0.5, 0.6) is 0 Å². The van der Waals surface area contributed by atoms with Crippen LogP contribution in [0, 0.1) is 17.8 Å². The summed E-state index contributed by atoms with van der Waals surface area (Å²) < 4.78 is 0. The van der Waals surface area contributed by atoms with E-state index in [0.29, 0.717) is 22.8 Å². The molecule has 30 heavy (non-hydrogen) atoms. The van der Waals surface area contributed by atoms with Crippen molar-refractivity contribution in [3.8, 4) is 0 Å². The van der Waals surface area contributed by atoms with Crippen LogP contribution in [-0.4, -0.2) is 40.5 Å². The van der Waals surface area contributed by atoms with Crippen LogP contribution in [-0.2, 0) is 5.41 Å². The van der Waals surface area contributed by atoms with Gasteiger partial charge in [-0.3, -0.25) is 14.9 Å². The van der Waals surface area contributed by atoms with Crippen LogP contribution < -0.4 is 5.32 Å². The summed E-state index contributed by atoms with van der Waals surface area (Å²) in [4.78, 5) is 26.8. The van der Waals surface area contributed by atoms with Crippen molar-refractivity contribution in [2.24, 2.45) is 17.8 Å². The van der Waals surface area contributed by atoms with Gasteiger partial charge in [-0.05, 0) is 81.4 Å². The number of aromatic nitrogens is 2. The molecule has 2 aromatic rings. The molecule has 1 heterocycles. The molecule has 1 N–H and O–H groups in total. The second kappa shape index (κ2) is 7.45. The molecule has 6 rings (SSSR count). The maximum Gasteiger partial charge on any atom is 0.257 e. The lowest BCUT2D eigenvalue weighted by molar-refractivity contribution is -0.00555. The molecule has 4 fully saturated rings. The third kappa shape index (κ3) is 3.43. The Labute approximate surface area is 181 Å². The highest BCUT2D eigenvalue weighted by Crippen LogP contribution is 2.61. The van der Waals surface area contributed by atoms with Gasteiger partial charge in [0, 0.05) is 30.1 Å². The summed E-state index contributed by atoms with van der Waals surface area (Å²) in [6.07, 6.45) is 7.88. The summed E-state index contributed by atoms with van der Waals surface area (Å²) in [5.74, 6) is 2.20. The van der Waals surface area contributed by atoms with E-state index >= 15 is 0 Å². The van der Waals surface area contributed by atoms with Crippen molar-refractivity contribution in [3.63, 3.8) is 0 Å². The van der Waals surface area contributed by atoms with Crippen LogP contribution in [0.2, 0.25) is 0 Å². The number of carbonyl (C=O) groups is 2. The zero-order valence-corrected chi connectivity index (χ0v) is 18.4. The maximum atomic E-state index is 12.8. The number of carbonyl (C=O) groups excluding carboxylic acids is 2. The van der Waals surface area contributed by atoms with Crippen LogP contribution in [0.25, 0.3) is 0 Å². The van der Waals surface area contributed by atoms with Gasteiger partial charge in [-0.2, -0.15) is 0 Å². The minimum Gasteiger partial charge on any atom is -0.342 e. The highest BCUT2D eigenvalue weighted by atomic mass is 32.1. The molecule has 4 bridgehead atoms. The third-order valence-corrected chi connectivity index (χ3v) is 8.42. The van der Waals surface area contributed by atoms with Crippen molar-refractivity contribution in [3.05, 3.63) is 40.4 Å². The molecule has 0 spiro atoms. The van der Waals surface area contributed by atoms with E-state index in [1.807, 2.05) is 6.92 Å². The second-order valence-electron chi connectivity index (χ2n) is 9.46. The number of nitrogens with one attached hydrogen (secondary N) is 1. The summed E-state index contributed by atoms with van der Waals surface area (Å²) in [5, 5.41) is 13.4. The number of rotatable bonds is 5. The van der Waals surface area contributed by atoms with Gasteiger partial charge in [0.2, 0.25) is 5.13 Å². The molecule has 7 heteroatoms. The Morgan fingerprint density at radius 2 is 1.73 bits per heavy atom. The molecule has 0 aliphatic heterocycles. The van der Waals surface area contributed by atoms with Crippen molar-refractivity contribution in [1.29, 1.82) is 0 Å². The molecule has 1 aromatic carbocycles. The summed E-state index contributed by atoms with van der Waals surface area (Å²) in [6, 6.07) is 6.85. The Morgan fingerprint density at radius 3 is 2.37 bits per heavy atom. The third-order valence-electron chi connectivity index (χ3n) is 7.33. The molecular formula is C23H28N4O2S. The predicted octanol–water partition coefficient (Wildman–Crippen LogP) is 4.35. The minimum absolute atomic E-state index is 0.0906. The van der Waals surface area contributed by atoms with E-state index in [1.54, 1.807) is 36.2 Å². The van der Waals surface area contributed by atoms with E-state index in [0.717, 1.165) is 22.8 Å². The van der Waals surface area contributed by atoms with E-state index in [4.69, 9.17) is 0 Å². The van der Waals surface area contributed by atoms with Gasteiger partial charge < -0.3 is 4.90 Å². The van der Waals surface area contributed by atoms with Gasteiger partial charge in [0.25, 0.3) is 11.8 Å². The Hall–Kier alpha value is -2.28. The molecular weight excluding hydrogens is 396 g/mol. The van der Waals surface area contributed by atoms with E-state index < -0.39 is 0 Å². The van der Waals surface area contributed by atoms with Gasteiger partial charge in [-0.25, -0.2) is 0 Å². The van der Waals surface area contributed by atoms with Crippen molar-refractivity contribution < 1.29 is 9.59 Å². The average molecular weight is 425 g/mol. The maximum absolute atomic E-state index is 12.8. The standard InChI is InChI=1S/C23H28N4O2S/c1-3-27(2)20(29)18-6-4-5-17(10-18)19(28)24-22-26-25-21(30-22)23-11-14-7-15(12-23)9-16(8-14)13-23/h4-6,10,14-16H,3,7-9,11-13H2,1-2H3,(H,24,26,28). The van der Waals surface area contributed by atoms with Gasteiger partial charge in [0.15, 0.2) is 0 Å². The summed E-state index contributed by atoms with van der Waals surface area (Å²) in [7, 11) is 1.75. The quantitative estimate of drug-likeness (QED) is 0.774. The van der Waals surface area contributed by atoms with Gasteiger partial charge >= 0.3 is 0 Å². The lowest BCUT2D eigenvalue weighted by Gasteiger charge is -2.55. The van der Waals surface area contributed by atoms with Crippen LogP contribution in [0.4, 0.5) is 5.13 Å². The number of hydrogen-bond acceptors (Lipinski definition) is 5. The molecule has 158 valence electrons. The smallest absolute Gasteiger partial charge is 0.257 e. The first-order valence-corrected chi connectivity index (χ1v) is 11.8. The zero-order valence-electron chi connectivity index (χ0n) is 17.6. The molecule has 0 saturated heterocycles. The molecule has 1 aromatic heterocycles. The second-order valence-corrected chi connectivity index (χ2v) is 10.4. The highest BCUT2D eigenvalue weighted by molar-refractivity contribution is 7.15. The SMILES string of the molecule is CCN(C)C(=O)c1cccc(C(=O)Nc2nnc(C34CC5CC(CC(C5)C3)C4)s2)c1. The molecule has 4 saturated carbocycles. The lowest BCUT2D eigenvalue weighted by Crippen LogP contribution is -2.48. The molecule has 6 nitrogen and oxygen atoms in total. The monoisotopic (exact) mass is 424 g/mol. The first-order chi connectivity index (χ1) is 14.5. The van der Waals surface area contributed by atoms with Crippen LogP contribution in [0.15, 0.2) is 24.3 Å². The van der Waals surface area contributed by atoms with Gasteiger partial charge in [0.05, 0.1) is 0 Å². The normalized spacial score (nSPS) is 29.1. The van der Waals surface area contributed by atoms with Gasteiger partial charge in [-0.1, -0.05) is 17.4 Å². The van der Waals surface area contributed by atoms with E-state index in [-0.39, 0.29) is 17.2 Å². The number of hydrogen-bond donors (Lipinski definition) is 1. The first kappa shape index (κ1) is 19.7. The summed E-state index contributed by atoms with van der Waals surface area (Å²) in [6.45, 7) is 2.54. The first-order valence-electron chi connectivity index (χ1n) is 11.0. The van der Waals surface area contributed by atoms with Gasteiger partial charge in [-0.15, -0.1) is 10.2 Å². The molecule has 2 amide bonds. The van der Waals surface area contributed by atoms with E-state index in [2.05, 4.69) is 15.5 Å². The molecule has 0 unspecified atom stereocenters. The minimum atomic E-state index is -0.253. The van der Waals surface area contributed by atoms with E-state index in [9.17, 15) is 9.59 Å². The van der Waals surface area contributed by atoms with Crippen LogP contribution in [0.1, 0.15) is 71.2 Å². The van der Waals surface area contributed by atoms with Crippen LogP contribution in [0.3, 0.4) is 0 Å². The summed E-state index contributed by atoms with van der Waals surface area (Å²) >= 11 is 1.53. The predicted molar refractivity (Wildman–Crippen MR) is 117 cm³/mol. The highest BCUT2D eigenvalue weighted by Gasteiger charge is 2.53. The van der Waals surface area contributed by atoms with Crippen molar-refractivity contribution in [2.45, 2.75) is 50.9 Å². The largest absolute Gasteiger partial charge is 0.342 e. The van der Waals surface area contributed by atoms with E-state index in [1.165, 1.54) is 49.9 Å². The number of benzene rings is 1. The molecule has 4 aliphatic carbocycles. The van der Waals surface area contributed by atoms with Crippen molar-refractivity contribution in [1.82, 2.24) is 15.1 Å². The fourth-order valence-electron chi connectivity index (χ4n) is 6.19. The van der Waals surface area contributed by atoms with Crippen LogP contribution >= 0.6 is 11.3 Å². The average Bonchev–Trinajstić information content (AvgIpc) is 3.21. The fourth-order valence-corrected chi connectivity index (χ4v) is 7.14. The van der Waals surface area contributed by atoms with Gasteiger partial charge in [0.1, 0.15) is 5.01 Å². The van der Waals surface area contributed by atoms with Crippen molar-refractivity contribution in [2.75, 3.05) is 18.9 Å². The molecule has 0 radical (unpaired) electrons. The molecule has 4 aliphatic rings. The Kier molecular flexibility index (Phi) is 4.88. The Morgan fingerprint density at radius 1 is 1.10 bits per heavy atom. The number of anilines is 1.